The molecule has 0 spiro atoms. The van der Waals surface area contributed by atoms with Crippen molar-refractivity contribution >= 4 is 63.1 Å². The summed E-state index contributed by atoms with van der Waals surface area (Å²) in [5, 5.41) is 1.12. The van der Waals surface area contributed by atoms with E-state index in [1.165, 1.54) is 0 Å². The van der Waals surface area contributed by atoms with Crippen molar-refractivity contribution in [2.75, 3.05) is 18.0 Å². The Balaban J connectivity index is 1.43. The zero-order valence-corrected chi connectivity index (χ0v) is 20.3. The molecule has 6 nitrogen and oxygen atoms in total. The van der Waals surface area contributed by atoms with E-state index in [-0.39, 0.29) is 23.6 Å². The molecule has 3 aromatic rings. The molecule has 2 aliphatic heterocycles. The van der Waals surface area contributed by atoms with Gasteiger partial charge in [-0.05, 0) is 66.9 Å². The number of carbonyl (C=O) groups is 3. The number of carbonyl (C=O) groups excluding carboxylic acids is 3. The first-order chi connectivity index (χ1) is 16.4. The second-order valence-corrected chi connectivity index (χ2v) is 10.2. The number of amides is 3. The van der Waals surface area contributed by atoms with Gasteiger partial charge in [-0.3, -0.25) is 14.4 Å². The second-order valence-electron chi connectivity index (χ2n) is 8.79. The Morgan fingerprint density at radius 3 is 2.53 bits per heavy atom. The number of fused-ring (bicyclic) bond motifs is 1. The number of thioether (sulfide) groups is 1. The second kappa shape index (κ2) is 9.31. The third-order valence-electron chi connectivity index (χ3n) is 6.43. The maximum atomic E-state index is 13.1. The normalized spacial score (nSPS) is 18.5. The third kappa shape index (κ3) is 4.38. The molecule has 0 bridgehead atoms. The summed E-state index contributed by atoms with van der Waals surface area (Å²) in [7, 11) is 0. The van der Waals surface area contributed by atoms with Gasteiger partial charge in [-0.1, -0.05) is 36.7 Å². The van der Waals surface area contributed by atoms with Gasteiger partial charge in [0.2, 0.25) is 5.91 Å². The van der Waals surface area contributed by atoms with E-state index in [1.807, 2.05) is 39.9 Å². The van der Waals surface area contributed by atoms with Crippen molar-refractivity contribution in [2.45, 2.75) is 26.3 Å². The lowest BCUT2D eigenvalue weighted by atomic mass is 9.99. The molecule has 0 aliphatic carbocycles. The van der Waals surface area contributed by atoms with Gasteiger partial charge >= 0.3 is 0 Å². The van der Waals surface area contributed by atoms with E-state index < -0.39 is 0 Å². The molecule has 174 valence electrons. The largest absolute Gasteiger partial charge is 0.341 e. The van der Waals surface area contributed by atoms with Gasteiger partial charge < -0.3 is 9.47 Å². The highest BCUT2D eigenvalue weighted by atomic mass is 35.5. The number of imide groups is 1. The molecule has 8 heteroatoms. The van der Waals surface area contributed by atoms with E-state index in [0.717, 1.165) is 59.1 Å². The van der Waals surface area contributed by atoms with Crippen LogP contribution in [0.3, 0.4) is 0 Å². The summed E-state index contributed by atoms with van der Waals surface area (Å²) in [5.41, 5.74) is 2.21. The van der Waals surface area contributed by atoms with Gasteiger partial charge in [0.15, 0.2) is 0 Å². The summed E-state index contributed by atoms with van der Waals surface area (Å²) in [4.78, 5) is 42.1. The highest BCUT2D eigenvalue weighted by molar-refractivity contribution is 8.19. The molecule has 2 saturated heterocycles. The lowest BCUT2D eigenvalue weighted by molar-refractivity contribution is -0.133. The minimum absolute atomic E-state index is 0.0993. The van der Waals surface area contributed by atoms with Crippen LogP contribution < -0.4 is 4.90 Å². The van der Waals surface area contributed by atoms with E-state index in [2.05, 4.69) is 6.92 Å². The number of nitrogens with zero attached hydrogens (tertiary/aromatic N) is 3. The minimum Gasteiger partial charge on any atom is -0.341 e. The topological polar surface area (TPSA) is 62.6 Å². The number of halogens is 1. The maximum absolute atomic E-state index is 13.1. The van der Waals surface area contributed by atoms with E-state index in [9.17, 15) is 14.4 Å². The van der Waals surface area contributed by atoms with Crippen LogP contribution in [-0.4, -0.2) is 39.6 Å². The Bertz CT molecular complexity index is 1310. The van der Waals surface area contributed by atoms with Crippen LogP contribution in [0.1, 0.15) is 25.3 Å². The fourth-order valence-electron chi connectivity index (χ4n) is 4.45. The quantitative estimate of drug-likeness (QED) is 0.431. The van der Waals surface area contributed by atoms with Gasteiger partial charge in [-0.25, -0.2) is 4.90 Å². The van der Waals surface area contributed by atoms with Crippen molar-refractivity contribution in [3.8, 4) is 0 Å². The van der Waals surface area contributed by atoms with E-state index in [1.54, 1.807) is 30.3 Å². The molecule has 3 amide bonds. The lowest BCUT2D eigenvalue weighted by Crippen LogP contribution is -2.39. The predicted molar refractivity (Wildman–Crippen MR) is 137 cm³/mol. The summed E-state index contributed by atoms with van der Waals surface area (Å²) in [6, 6.07) is 14.4. The third-order valence-corrected chi connectivity index (χ3v) is 7.55. The molecule has 3 heterocycles. The fraction of sp³-hybridized carbons (Fsp3) is 0.269. The SMILES string of the molecule is CC1CCN(C(=O)Cn2cc(/C=C3\SC(=O)N(c4ccc(Cl)cc4)C3=O)c3ccccc32)CC1. The van der Waals surface area contributed by atoms with Crippen molar-refractivity contribution in [3.05, 3.63) is 70.2 Å². The van der Waals surface area contributed by atoms with E-state index in [0.29, 0.717) is 21.5 Å². The van der Waals surface area contributed by atoms with Crippen LogP contribution in [0.4, 0.5) is 10.5 Å². The van der Waals surface area contributed by atoms with Crippen LogP contribution in [0.25, 0.3) is 17.0 Å². The lowest BCUT2D eigenvalue weighted by Gasteiger charge is -2.30. The summed E-state index contributed by atoms with van der Waals surface area (Å²) in [5.74, 6) is 0.390. The summed E-state index contributed by atoms with van der Waals surface area (Å²) >= 11 is 6.85. The zero-order chi connectivity index (χ0) is 23.8. The molecule has 2 fully saturated rings. The predicted octanol–water partition coefficient (Wildman–Crippen LogP) is 5.79. The van der Waals surface area contributed by atoms with E-state index in [4.69, 9.17) is 11.6 Å². The molecular weight excluding hydrogens is 470 g/mol. The van der Waals surface area contributed by atoms with E-state index >= 15 is 0 Å². The Labute approximate surface area is 207 Å². The molecule has 0 unspecified atom stereocenters. The van der Waals surface area contributed by atoms with Crippen LogP contribution in [0.2, 0.25) is 5.02 Å². The molecule has 2 aliphatic rings. The maximum Gasteiger partial charge on any atom is 0.298 e. The molecule has 1 aromatic heterocycles. The van der Waals surface area contributed by atoms with Gasteiger partial charge in [-0.15, -0.1) is 0 Å². The number of benzene rings is 2. The molecule has 34 heavy (non-hydrogen) atoms. The molecule has 0 radical (unpaired) electrons. The Hall–Kier alpha value is -3.03. The van der Waals surface area contributed by atoms with Gasteiger partial charge in [0.05, 0.1) is 10.6 Å². The number of rotatable bonds is 4. The van der Waals surface area contributed by atoms with Gasteiger partial charge in [0, 0.05) is 40.8 Å². The highest BCUT2D eigenvalue weighted by Gasteiger charge is 2.36. The smallest absolute Gasteiger partial charge is 0.298 e. The Kier molecular flexibility index (Phi) is 6.23. The average molecular weight is 494 g/mol. The molecule has 0 atom stereocenters. The van der Waals surface area contributed by atoms with Gasteiger partial charge in [0.1, 0.15) is 6.54 Å². The van der Waals surface area contributed by atoms with Crippen molar-refractivity contribution in [3.63, 3.8) is 0 Å². The highest BCUT2D eigenvalue weighted by Crippen LogP contribution is 2.37. The van der Waals surface area contributed by atoms with Crippen LogP contribution in [0, 0.1) is 5.92 Å². The van der Waals surface area contributed by atoms with Gasteiger partial charge in [0.25, 0.3) is 11.1 Å². The monoisotopic (exact) mass is 493 g/mol. The Morgan fingerprint density at radius 2 is 1.79 bits per heavy atom. The summed E-state index contributed by atoms with van der Waals surface area (Å²) in [6.45, 7) is 4.06. The van der Waals surface area contributed by atoms with Crippen molar-refractivity contribution in [1.82, 2.24) is 9.47 Å². The molecular formula is C26H24ClN3O3S. The van der Waals surface area contributed by atoms with Gasteiger partial charge in [-0.2, -0.15) is 0 Å². The molecule has 5 rings (SSSR count). The van der Waals surface area contributed by atoms with Crippen molar-refractivity contribution in [1.29, 1.82) is 0 Å². The first-order valence-corrected chi connectivity index (χ1v) is 12.5. The molecule has 0 saturated carbocycles. The number of hydrogen-bond donors (Lipinski definition) is 0. The summed E-state index contributed by atoms with van der Waals surface area (Å²) in [6.07, 6.45) is 5.71. The van der Waals surface area contributed by atoms with Crippen LogP contribution in [0.5, 0.6) is 0 Å². The number of likely N-dealkylation sites (tertiary alicyclic amines) is 1. The summed E-state index contributed by atoms with van der Waals surface area (Å²) < 4.78 is 1.94. The van der Waals surface area contributed by atoms with Crippen LogP contribution >= 0.6 is 23.4 Å². The number of anilines is 1. The van der Waals surface area contributed by atoms with Crippen LogP contribution in [0.15, 0.2) is 59.6 Å². The fourth-order valence-corrected chi connectivity index (χ4v) is 5.40. The number of para-hydroxylation sites is 1. The average Bonchev–Trinajstić information content (AvgIpc) is 3.31. The van der Waals surface area contributed by atoms with Crippen molar-refractivity contribution < 1.29 is 14.4 Å². The number of piperidine rings is 1. The first kappa shape index (κ1) is 22.7. The number of hydrogen-bond acceptors (Lipinski definition) is 4. The molecule has 2 aromatic carbocycles. The Morgan fingerprint density at radius 1 is 1.09 bits per heavy atom. The van der Waals surface area contributed by atoms with Crippen LogP contribution in [-0.2, 0) is 16.1 Å². The molecule has 0 N–H and O–H groups in total. The first-order valence-electron chi connectivity index (χ1n) is 11.3. The number of aromatic nitrogens is 1. The minimum atomic E-state index is -0.368. The standard InChI is InChI=1S/C26H24ClN3O3S/c1-17-10-12-28(13-11-17)24(31)16-29-15-18(21-4-2-3-5-22(21)29)14-23-25(32)30(26(33)34-23)20-8-6-19(27)7-9-20/h2-9,14-15,17H,10-13,16H2,1H3/b23-14-. The van der Waals surface area contributed by atoms with Crippen molar-refractivity contribution in [2.24, 2.45) is 5.92 Å². The zero-order valence-electron chi connectivity index (χ0n) is 18.7.